The molecule has 0 aromatic heterocycles. The molecule has 1 saturated heterocycles. The first kappa shape index (κ1) is 7.84. The molecule has 1 N–H and O–H groups in total. The van der Waals surface area contributed by atoms with E-state index in [2.05, 4.69) is 17.4 Å². The van der Waals surface area contributed by atoms with Crippen LogP contribution >= 0.6 is 11.6 Å². The van der Waals surface area contributed by atoms with Gasteiger partial charge in [-0.05, 0) is 48.6 Å². The predicted molar refractivity (Wildman–Crippen MR) is 54.2 cm³/mol. The zero-order valence-corrected chi connectivity index (χ0v) is 8.14. The van der Waals surface area contributed by atoms with E-state index in [1.807, 2.05) is 6.07 Å². The van der Waals surface area contributed by atoms with E-state index in [0.29, 0.717) is 6.04 Å². The molecular formula is C11H12ClN. The van der Waals surface area contributed by atoms with Crippen LogP contribution in [0.25, 0.3) is 0 Å². The second-order valence-electron chi connectivity index (χ2n) is 4.00. The molecule has 0 saturated carbocycles. The zero-order chi connectivity index (χ0) is 8.84. The molecule has 2 bridgehead atoms. The SMILES string of the molecule is Clc1ccc2c(c1)C1CCNC2C1. The molecule has 2 unspecified atom stereocenters. The van der Waals surface area contributed by atoms with Crippen LogP contribution in [-0.4, -0.2) is 6.54 Å². The van der Waals surface area contributed by atoms with Crippen molar-refractivity contribution in [1.29, 1.82) is 0 Å². The second kappa shape index (κ2) is 2.73. The Labute approximate surface area is 83.1 Å². The quantitative estimate of drug-likeness (QED) is 0.668. The van der Waals surface area contributed by atoms with Gasteiger partial charge < -0.3 is 5.32 Å². The van der Waals surface area contributed by atoms with Gasteiger partial charge >= 0.3 is 0 Å². The predicted octanol–water partition coefficient (Wildman–Crippen LogP) is 2.86. The molecule has 3 rings (SSSR count). The van der Waals surface area contributed by atoms with Crippen LogP contribution in [0.15, 0.2) is 18.2 Å². The van der Waals surface area contributed by atoms with Crippen molar-refractivity contribution in [1.82, 2.24) is 5.32 Å². The molecule has 1 fully saturated rings. The van der Waals surface area contributed by atoms with Gasteiger partial charge in [-0.3, -0.25) is 0 Å². The summed E-state index contributed by atoms with van der Waals surface area (Å²) in [6.07, 6.45) is 2.54. The third kappa shape index (κ3) is 1.11. The maximum Gasteiger partial charge on any atom is 0.0409 e. The highest BCUT2D eigenvalue weighted by molar-refractivity contribution is 6.30. The van der Waals surface area contributed by atoms with Crippen molar-refractivity contribution in [2.75, 3.05) is 6.54 Å². The lowest BCUT2D eigenvalue weighted by molar-refractivity contribution is 0.410. The van der Waals surface area contributed by atoms with E-state index in [1.165, 1.54) is 24.0 Å². The van der Waals surface area contributed by atoms with Gasteiger partial charge in [-0.25, -0.2) is 0 Å². The highest BCUT2D eigenvalue weighted by Crippen LogP contribution is 2.45. The molecule has 68 valence electrons. The Morgan fingerprint density at radius 1 is 1.31 bits per heavy atom. The zero-order valence-electron chi connectivity index (χ0n) is 7.39. The number of nitrogens with one attached hydrogen (secondary N) is 1. The van der Waals surface area contributed by atoms with Gasteiger partial charge in [0, 0.05) is 11.1 Å². The monoisotopic (exact) mass is 193 g/mol. The second-order valence-corrected chi connectivity index (χ2v) is 4.44. The first-order valence-corrected chi connectivity index (χ1v) is 5.25. The van der Waals surface area contributed by atoms with E-state index in [0.717, 1.165) is 17.5 Å². The summed E-state index contributed by atoms with van der Waals surface area (Å²) in [4.78, 5) is 0. The molecule has 1 aromatic rings. The number of halogens is 1. The van der Waals surface area contributed by atoms with Crippen LogP contribution in [0.1, 0.15) is 35.9 Å². The third-order valence-corrected chi connectivity index (χ3v) is 3.50. The Hall–Kier alpha value is -0.530. The Balaban J connectivity index is 2.15. The number of benzene rings is 1. The van der Waals surface area contributed by atoms with Gasteiger partial charge in [0.15, 0.2) is 0 Å². The van der Waals surface area contributed by atoms with E-state index in [9.17, 15) is 0 Å². The molecule has 1 aliphatic heterocycles. The summed E-state index contributed by atoms with van der Waals surface area (Å²) in [6.45, 7) is 1.15. The Bertz CT molecular complexity index is 348. The van der Waals surface area contributed by atoms with Crippen LogP contribution in [-0.2, 0) is 0 Å². The maximum atomic E-state index is 5.99. The van der Waals surface area contributed by atoms with Gasteiger partial charge in [0.05, 0.1) is 0 Å². The fourth-order valence-corrected chi connectivity index (χ4v) is 2.83. The van der Waals surface area contributed by atoms with Crippen LogP contribution in [0, 0.1) is 0 Å². The van der Waals surface area contributed by atoms with Crippen molar-refractivity contribution in [2.24, 2.45) is 0 Å². The van der Waals surface area contributed by atoms with Crippen LogP contribution in [0.5, 0.6) is 0 Å². The Kier molecular flexibility index (Phi) is 1.64. The van der Waals surface area contributed by atoms with Gasteiger partial charge in [-0.1, -0.05) is 17.7 Å². The normalized spacial score (nSPS) is 30.2. The third-order valence-electron chi connectivity index (χ3n) is 3.27. The fraction of sp³-hybridized carbons (Fsp3) is 0.455. The minimum atomic E-state index is 0.603. The standard InChI is InChI=1S/C11H12ClN/c12-8-1-2-9-10(6-8)7-3-4-13-11(9)5-7/h1-2,6-7,11,13H,3-5H2. The van der Waals surface area contributed by atoms with Gasteiger partial charge in [0.25, 0.3) is 0 Å². The maximum absolute atomic E-state index is 5.99. The van der Waals surface area contributed by atoms with E-state index < -0.39 is 0 Å². The molecule has 2 aliphatic rings. The van der Waals surface area contributed by atoms with Crippen molar-refractivity contribution >= 4 is 11.6 Å². The first-order valence-electron chi connectivity index (χ1n) is 4.87. The molecular weight excluding hydrogens is 182 g/mol. The van der Waals surface area contributed by atoms with Crippen LogP contribution in [0.4, 0.5) is 0 Å². The molecule has 1 nitrogen and oxygen atoms in total. The highest BCUT2D eigenvalue weighted by atomic mass is 35.5. The van der Waals surface area contributed by atoms with Gasteiger partial charge in [0.2, 0.25) is 0 Å². The van der Waals surface area contributed by atoms with E-state index in [-0.39, 0.29) is 0 Å². The topological polar surface area (TPSA) is 12.0 Å². The number of hydrogen-bond acceptors (Lipinski definition) is 1. The van der Waals surface area contributed by atoms with Crippen LogP contribution in [0.2, 0.25) is 5.02 Å². The Morgan fingerprint density at radius 3 is 3.15 bits per heavy atom. The van der Waals surface area contributed by atoms with E-state index >= 15 is 0 Å². The van der Waals surface area contributed by atoms with Crippen molar-refractivity contribution in [3.8, 4) is 0 Å². The molecule has 0 amide bonds. The molecule has 0 spiro atoms. The largest absolute Gasteiger partial charge is 0.310 e. The lowest BCUT2D eigenvalue weighted by atomic mass is 9.97. The van der Waals surface area contributed by atoms with E-state index in [4.69, 9.17) is 11.6 Å². The molecule has 1 heterocycles. The van der Waals surface area contributed by atoms with Crippen LogP contribution < -0.4 is 5.32 Å². The highest BCUT2D eigenvalue weighted by Gasteiger charge is 2.33. The first-order chi connectivity index (χ1) is 6.34. The number of hydrogen-bond donors (Lipinski definition) is 1. The lowest BCUT2D eigenvalue weighted by Crippen LogP contribution is -2.24. The number of piperidine rings is 1. The summed E-state index contributed by atoms with van der Waals surface area (Å²) in [5, 5.41) is 4.42. The minimum absolute atomic E-state index is 0.603. The average Bonchev–Trinajstić information content (AvgIpc) is 2.39. The smallest absolute Gasteiger partial charge is 0.0409 e. The number of fused-ring (bicyclic) bond motifs is 5. The van der Waals surface area contributed by atoms with Gasteiger partial charge in [-0.15, -0.1) is 0 Å². The van der Waals surface area contributed by atoms with Gasteiger partial charge in [0.1, 0.15) is 0 Å². The minimum Gasteiger partial charge on any atom is -0.310 e. The fourth-order valence-electron chi connectivity index (χ4n) is 2.65. The summed E-state index contributed by atoms with van der Waals surface area (Å²) in [6, 6.07) is 6.93. The molecule has 2 atom stereocenters. The number of rotatable bonds is 0. The summed E-state index contributed by atoms with van der Waals surface area (Å²) in [5.74, 6) is 0.764. The molecule has 0 radical (unpaired) electrons. The van der Waals surface area contributed by atoms with Crippen molar-refractivity contribution in [3.05, 3.63) is 34.3 Å². The van der Waals surface area contributed by atoms with Crippen molar-refractivity contribution in [3.63, 3.8) is 0 Å². The molecule has 13 heavy (non-hydrogen) atoms. The van der Waals surface area contributed by atoms with E-state index in [1.54, 1.807) is 0 Å². The molecule has 1 aromatic carbocycles. The summed E-state index contributed by atoms with van der Waals surface area (Å²) in [7, 11) is 0. The summed E-state index contributed by atoms with van der Waals surface area (Å²) < 4.78 is 0. The van der Waals surface area contributed by atoms with Crippen molar-refractivity contribution in [2.45, 2.75) is 24.8 Å². The van der Waals surface area contributed by atoms with Gasteiger partial charge in [-0.2, -0.15) is 0 Å². The van der Waals surface area contributed by atoms with Crippen LogP contribution in [0.3, 0.4) is 0 Å². The Morgan fingerprint density at radius 2 is 2.23 bits per heavy atom. The molecule has 2 heteroatoms. The summed E-state index contributed by atoms with van der Waals surface area (Å²) >= 11 is 5.99. The van der Waals surface area contributed by atoms with Crippen molar-refractivity contribution < 1.29 is 0 Å². The average molecular weight is 194 g/mol. The molecule has 1 aliphatic carbocycles. The summed E-state index contributed by atoms with van der Waals surface area (Å²) in [5.41, 5.74) is 2.97. The lowest BCUT2D eigenvalue weighted by Gasteiger charge is -2.20.